The van der Waals surface area contributed by atoms with Crippen LogP contribution in [0.5, 0.6) is 0 Å². The Bertz CT molecular complexity index is 581. The first-order valence-corrected chi connectivity index (χ1v) is 7.18. The molecule has 1 fully saturated rings. The Morgan fingerprint density at radius 2 is 2.14 bits per heavy atom. The lowest BCUT2D eigenvalue weighted by Gasteiger charge is -2.29. The standard InChI is InChI=1S/C16H17NO4/c1-2-20-16(19)12-11-8-9-21-14(11)15(18)17-13(12)10-6-4-3-5-7-10/h3-7,11-12,14H,2,8-9H2,1H3. The fourth-order valence-electron chi connectivity index (χ4n) is 3.03. The van der Waals surface area contributed by atoms with Gasteiger partial charge in [0.25, 0.3) is 5.91 Å². The van der Waals surface area contributed by atoms with E-state index in [1.54, 1.807) is 6.92 Å². The van der Waals surface area contributed by atoms with Gasteiger partial charge in [-0.25, -0.2) is 4.99 Å². The van der Waals surface area contributed by atoms with E-state index in [0.29, 0.717) is 25.3 Å². The SMILES string of the molecule is CCOC(=O)C1C(c2ccccc2)=NC(=O)C2OCCC21. The van der Waals surface area contributed by atoms with Crippen LogP contribution in [0.15, 0.2) is 35.3 Å². The van der Waals surface area contributed by atoms with E-state index in [1.807, 2.05) is 30.3 Å². The molecule has 0 radical (unpaired) electrons. The average molecular weight is 287 g/mol. The van der Waals surface area contributed by atoms with Gasteiger partial charge in [0.2, 0.25) is 0 Å². The minimum atomic E-state index is -0.605. The Labute approximate surface area is 123 Å². The number of hydrogen-bond acceptors (Lipinski definition) is 4. The molecule has 2 heterocycles. The summed E-state index contributed by atoms with van der Waals surface area (Å²) in [6, 6.07) is 9.32. The zero-order valence-electron chi connectivity index (χ0n) is 11.8. The summed E-state index contributed by atoms with van der Waals surface area (Å²) in [5.74, 6) is -1.33. The number of rotatable bonds is 3. The molecule has 3 atom stereocenters. The minimum Gasteiger partial charge on any atom is -0.465 e. The molecule has 3 rings (SSSR count). The molecule has 0 N–H and O–H groups in total. The van der Waals surface area contributed by atoms with Crippen LogP contribution < -0.4 is 0 Å². The lowest BCUT2D eigenvalue weighted by Crippen LogP contribution is -2.44. The summed E-state index contributed by atoms with van der Waals surface area (Å²) in [7, 11) is 0. The third-order valence-electron chi connectivity index (χ3n) is 3.94. The van der Waals surface area contributed by atoms with Crippen LogP contribution in [0, 0.1) is 11.8 Å². The van der Waals surface area contributed by atoms with Gasteiger partial charge >= 0.3 is 5.97 Å². The van der Waals surface area contributed by atoms with Crippen LogP contribution in [0.1, 0.15) is 18.9 Å². The number of aliphatic imine (C=N–C) groups is 1. The quantitative estimate of drug-likeness (QED) is 0.792. The Kier molecular flexibility index (Phi) is 3.84. The highest BCUT2D eigenvalue weighted by Crippen LogP contribution is 2.36. The number of fused-ring (bicyclic) bond motifs is 1. The van der Waals surface area contributed by atoms with Crippen molar-refractivity contribution in [3.8, 4) is 0 Å². The van der Waals surface area contributed by atoms with E-state index in [-0.39, 0.29) is 17.8 Å². The number of esters is 1. The molecule has 0 bridgehead atoms. The second kappa shape index (κ2) is 5.77. The van der Waals surface area contributed by atoms with E-state index >= 15 is 0 Å². The maximum atomic E-state index is 12.4. The number of nitrogens with zero attached hydrogens (tertiary/aromatic N) is 1. The fourth-order valence-corrected chi connectivity index (χ4v) is 3.03. The Hall–Kier alpha value is -2.01. The molecule has 5 heteroatoms. The molecule has 3 unspecified atom stereocenters. The Balaban J connectivity index is 2.03. The maximum Gasteiger partial charge on any atom is 0.315 e. The fraction of sp³-hybridized carbons (Fsp3) is 0.438. The topological polar surface area (TPSA) is 65.0 Å². The number of benzene rings is 1. The van der Waals surface area contributed by atoms with Gasteiger partial charge in [-0.15, -0.1) is 0 Å². The molecular formula is C16H17NO4. The third kappa shape index (κ3) is 2.49. The van der Waals surface area contributed by atoms with E-state index in [9.17, 15) is 9.59 Å². The lowest BCUT2D eigenvalue weighted by molar-refractivity contribution is -0.149. The highest BCUT2D eigenvalue weighted by atomic mass is 16.5. The van der Waals surface area contributed by atoms with E-state index in [4.69, 9.17) is 9.47 Å². The lowest BCUT2D eigenvalue weighted by atomic mass is 9.78. The van der Waals surface area contributed by atoms with E-state index < -0.39 is 12.0 Å². The summed E-state index contributed by atoms with van der Waals surface area (Å²) in [4.78, 5) is 28.6. The second-order valence-electron chi connectivity index (χ2n) is 5.17. The number of amides is 1. The number of hydrogen-bond donors (Lipinski definition) is 0. The monoisotopic (exact) mass is 287 g/mol. The van der Waals surface area contributed by atoms with Gasteiger partial charge in [0, 0.05) is 12.5 Å². The van der Waals surface area contributed by atoms with E-state index in [2.05, 4.69) is 4.99 Å². The van der Waals surface area contributed by atoms with Gasteiger partial charge in [-0.05, 0) is 18.9 Å². The van der Waals surface area contributed by atoms with Crippen molar-refractivity contribution in [2.24, 2.45) is 16.8 Å². The largest absolute Gasteiger partial charge is 0.465 e. The van der Waals surface area contributed by atoms with Crippen LogP contribution in [0.2, 0.25) is 0 Å². The van der Waals surface area contributed by atoms with Crippen molar-refractivity contribution in [3.05, 3.63) is 35.9 Å². The Morgan fingerprint density at radius 3 is 2.86 bits per heavy atom. The summed E-state index contributed by atoms with van der Waals surface area (Å²) in [6.45, 7) is 2.56. The maximum absolute atomic E-state index is 12.4. The molecule has 0 saturated carbocycles. The van der Waals surface area contributed by atoms with Gasteiger partial charge in [-0.3, -0.25) is 9.59 Å². The van der Waals surface area contributed by atoms with Crippen molar-refractivity contribution in [1.29, 1.82) is 0 Å². The smallest absolute Gasteiger partial charge is 0.315 e. The molecule has 1 aromatic carbocycles. The van der Waals surface area contributed by atoms with Gasteiger partial charge < -0.3 is 9.47 Å². The summed E-state index contributed by atoms with van der Waals surface area (Å²) in [6.07, 6.45) is 0.0676. The van der Waals surface area contributed by atoms with Gasteiger partial charge in [0.1, 0.15) is 12.0 Å². The summed E-state index contributed by atoms with van der Waals surface area (Å²) in [5, 5.41) is 0. The van der Waals surface area contributed by atoms with Crippen molar-refractivity contribution in [2.45, 2.75) is 19.4 Å². The van der Waals surface area contributed by atoms with Gasteiger partial charge in [-0.2, -0.15) is 0 Å². The molecular weight excluding hydrogens is 270 g/mol. The highest BCUT2D eigenvalue weighted by Gasteiger charge is 2.48. The normalized spacial score (nSPS) is 28.0. The third-order valence-corrected chi connectivity index (χ3v) is 3.94. The summed E-state index contributed by atoms with van der Waals surface area (Å²) >= 11 is 0. The van der Waals surface area contributed by atoms with Crippen molar-refractivity contribution >= 4 is 17.6 Å². The molecule has 2 aliphatic rings. The number of carbonyl (C=O) groups is 2. The van der Waals surface area contributed by atoms with Gasteiger partial charge in [-0.1, -0.05) is 30.3 Å². The molecule has 0 aliphatic carbocycles. The molecule has 110 valence electrons. The molecule has 1 saturated heterocycles. The first-order chi connectivity index (χ1) is 10.2. The van der Waals surface area contributed by atoms with Crippen LogP contribution in [0.4, 0.5) is 0 Å². The van der Waals surface area contributed by atoms with E-state index in [1.165, 1.54) is 0 Å². The summed E-state index contributed by atoms with van der Waals surface area (Å²) in [5.41, 5.74) is 1.29. The predicted molar refractivity (Wildman–Crippen MR) is 76.0 cm³/mol. The molecule has 0 aromatic heterocycles. The van der Waals surface area contributed by atoms with Crippen molar-refractivity contribution in [1.82, 2.24) is 0 Å². The van der Waals surface area contributed by atoms with Crippen molar-refractivity contribution < 1.29 is 19.1 Å². The van der Waals surface area contributed by atoms with E-state index in [0.717, 1.165) is 5.56 Å². The molecule has 1 amide bonds. The minimum absolute atomic E-state index is 0.177. The van der Waals surface area contributed by atoms with Crippen LogP contribution in [-0.4, -0.2) is 36.9 Å². The molecule has 1 aromatic rings. The van der Waals surface area contributed by atoms with Gasteiger partial charge in [0.15, 0.2) is 0 Å². The predicted octanol–water partition coefficient (Wildman–Crippen LogP) is 1.60. The highest BCUT2D eigenvalue weighted by molar-refractivity contribution is 6.17. The molecule has 21 heavy (non-hydrogen) atoms. The number of ether oxygens (including phenoxy) is 2. The molecule has 5 nitrogen and oxygen atoms in total. The Morgan fingerprint density at radius 1 is 1.38 bits per heavy atom. The van der Waals surface area contributed by atoms with Crippen molar-refractivity contribution in [2.75, 3.05) is 13.2 Å². The van der Waals surface area contributed by atoms with Crippen LogP contribution >= 0.6 is 0 Å². The molecule has 2 aliphatic heterocycles. The van der Waals surface area contributed by atoms with Crippen molar-refractivity contribution in [3.63, 3.8) is 0 Å². The summed E-state index contributed by atoms with van der Waals surface area (Å²) < 4.78 is 10.6. The van der Waals surface area contributed by atoms with Crippen LogP contribution in [0.3, 0.4) is 0 Å². The first kappa shape index (κ1) is 13.9. The number of carbonyl (C=O) groups excluding carboxylic acids is 2. The van der Waals surface area contributed by atoms with Crippen LogP contribution in [0.25, 0.3) is 0 Å². The van der Waals surface area contributed by atoms with Gasteiger partial charge in [0.05, 0.1) is 12.3 Å². The van der Waals surface area contributed by atoms with Crippen LogP contribution in [-0.2, 0) is 19.1 Å². The second-order valence-corrected chi connectivity index (χ2v) is 5.17. The first-order valence-electron chi connectivity index (χ1n) is 7.18. The molecule has 0 spiro atoms. The zero-order chi connectivity index (χ0) is 14.8. The average Bonchev–Trinajstić information content (AvgIpc) is 2.98. The zero-order valence-corrected chi connectivity index (χ0v) is 11.8.